The summed E-state index contributed by atoms with van der Waals surface area (Å²) in [4.78, 5) is 12.5. The summed E-state index contributed by atoms with van der Waals surface area (Å²) in [6.45, 7) is 11.3. The van der Waals surface area contributed by atoms with Crippen LogP contribution in [0.1, 0.15) is 30.8 Å². The standard InChI is InChI=1S/C25H30N6O2S/c1-5-15-31-23(17-26-21-11-7-18(3)8-12-21)28-30-25(31)34-19(4)24(32)29-27-16-20-9-13-22(14-10-20)33-6-2/h5,7-14,16,19,26H,1,6,15,17H2,2-4H3,(H,29,32)/b27-16-/t19-/m1/s1. The molecule has 178 valence electrons. The van der Waals surface area contributed by atoms with Crippen LogP contribution in [0.5, 0.6) is 5.75 Å². The first-order valence-corrected chi connectivity index (χ1v) is 11.9. The minimum atomic E-state index is -0.414. The van der Waals surface area contributed by atoms with Gasteiger partial charge in [-0.2, -0.15) is 5.10 Å². The number of aryl methyl sites for hydroxylation is 1. The van der Waals surface area contributed by atoms with E-state index in [0.29, 0.717) is 24.9 Å². The third-order valence-corrected chi connectivity index (χ3v) is 5.92. The van der Waals surface area contributed by atoms with Crippen molar-refractivity contribution in [3.8, 4) is 5.75 Å². The highest BCUT2D eigenvalue weighted by Gasteiger charge is 2.19. The maximum Gasteiger partial charge on any atom is 0.253 e. The van der Waals surface area contributed by atoms with Crippen molar-refractivity contribution in [3.63, 3.8) is 0 Å². The fraction of sp³-hybridized carbons (Fsp3) is 0.280. The van der Waals surface area contributed by atoms with E-state index in [4.69, 9.17) is 4.74 Å². The molecule has 0 unspecified atom stereocenters. The van der Waals surface area contributed by atoms with Gasteiger partial charge in [-0.3, -0.25) is 4.79 Å². The summed E-state index contributed by atoms with van der Waals surface area (Å²) in [6.07, 6.45) is 3.38. The van der Waals surface area contributed by atoms with Gasteiger partial charge in [-0.15, -0.1) is 16.8 Å². The molecule has 1 atom stereocenters. The van der Waals surface area contributed by atoms with E-state index in [-0.39, 0.29) is 5.91 Å². The average molecular weight is 479 g/mol. The number of ether oxygens (including phenoxy) is 1. The number of nitrogens with one attached hydrogen (secondary N) is 2. The van der Waals surface area contributed by atoms with Crippen molar-refractivity contribution in [3.05, 3.63) is 78.1 Å². The van der Waals surface area contributed by atoms with Gasteiger partial charge in [0.2, 0.25) is 0 Å². The molecule has 9 heteroatoms. The third kappa shape index (κ3) is 7.21. The molecule has 1 amide bonds. The summed E-state index contributed by atoms with van der Waals surface area (Å²) in [5.74, 6) is 1.34. The summed E-state index contributed by atoms with van der Waals surface area (Å²) in [7, 11) is 0. The van der Waals surface area contributed by atoms with Crippen LogP contribution in [-0.4, -0.2) is 38.7 Å². The molecule has 3 rings (SSSR count). The van der Waals surface area contributed by atoms with E-state index in [9.17, 15) is 4.79 Å². The molecule has 2 N–H and O–H groups in total. The van der Waals surface area contributed by atoms with E-state index in [1.54, 1.807) is 12.3 Å². The number of hydrazone groups is 1. The zero-order chi connectivity index (χ0) is 24.3. The number of anilines is 1. The van der Waals surface area contributed by atoms with Gasteiger partial charge in [-0.25, -0.2) is 5.43 Å². The Morgan fingerprint density at radius 3 is 2.62 bits per heavy atom. The zero-order valence-electron chi connectivity index (χ0n) is 19.7. The van der Waals surface area contributed by atoms with Crippen LogP contribution in [0.3, 0.4) is 0 Å². The van der Waals surface area contributed by atoms with E-state index in [1.807, 2.05) is 54.8 Å². The Bertz CT molecular complexity index is 1110. The largest absolute Gasteiger partial charge is 0.494 e. The van der Waals surface area contributed by atoms with Crippen LogP contribution in [0.2, 0.25) is 0 Å². The fourth-order valence-electron chi connectivity index (χ4n) is 2.99. The van der Waals surface area contributed by atoms with Gasteiger partial charge < -0.3 is 14.6 Å². The van der Waals surface area contributed by atoms with Crippen LogP contribution in [0.15, 0.2) is 71.4 Å². The molecule has 8 nitrogen and oxygen atoms in total. The van der Waals surface area contributed by atoms with Gasteiger partial charge in [-0.05, 0) is 62.7 Å². The Balaban J connectivity index is 1.57. The first kappa shape index (κ1) is 25.0. The van der Waals surface area contributed by atoms with Crippen molar-refractivity contribution >= 4 is 29.6 Å². The van der Waals surface area contributed by atoms with Crippen molar-refractivity contribution in [2.24, 2.45) is 5.10 Å². The van der Waals surface area contributed by atoms with Gasteiger partial charge in [0.25, 0.3) is 5.91 Å². The lowest BCUT2D eigenvalue weighted by atomic mass is 10.2. The SMILES string of the molecule is C=CCn1c(CNc2ccc(C)cc2)nnc1S[C@H](C)C(=O)N/N=C\c1ccc(OCC)cc1. The molecule has 1 aromatic heterocycles. The monoisotopic (exact) mass is 478 g/mol. The number of amides is 1. The number of carbonyl (C=O) groups excluding carboxylic acids is 1. The Kier molecular flexibility index (Phi) is 9.28. The second-order valence-corrected chi connectivity index (χ2v) is 8.82. The predicted molar refractivity (Wildman–Crippen MR) is 137 cm³/mol. The number of carbonyl (C=O) groups is 1. The molecule has 3 aromatic rings. The van der Waals surface area contributed by atoms with E-state index in [2.05, 4.69) is 51.7 Å². The first-order valence-electron chi connectivity index (χ1n) is 11.1. The van der Waals surface area contributed by atoms with Gasteiger partial charge >= 0.3 is 0 Å². The molecule has 0 saturated carbocycles. The Morgan fingerprint density at radius 1 is 1.21 bits per heavy atom. The van der Waals surface area contributed by atoms with Crippen LogP contribution in [0.4, 0.5) is 5.69 Å². The molecule has 0 fully saturated rings. The van der Waals surface area contributed by atoms with E-state index in [0.717, 1.165) is 22.8 Å². The second kappa shape index (κ2) is 12.6. The number of nitrogens with zero attached hydrogens (tertiary/aromatic N) is 4. The normalized spacial score (nSPS) is 11.9. The predicted octanol–water partition coefficient (Wildman–Crippen LogP) is 4.41. The number of allylic oxidation sites excluding steroid dienone is 1. The minimum absolute atomic E-state index is 0.223. The topological polar surface area (TPSA) is 93.4 Å². The van der Waals surface area contributed by atoms with E-state index in [1.165, 1.54) is 17.3 Å². The molecule has 2 aromatic carbocycles. The zero-order valence-corrected chi connectivity index (χ0v) is 20.5. The van der Waals surface area contributed by atoms with E-state index < -0.39 is 5.25 Å². The van der Waals surface area contributed by atoms with Crippen LogP contribution in [0, 0.1) is 6.92 Å². The third-order valence-electron chi connectivity index (χ3n) is 4.84. The smallest absolute Gasteiger partial charge is 0.253 e. The highest BCUT2D eigenvalue weighted by atomic mass is 32.2. The number of hydrogen-bond acceptors (Lipinski definition) is 7. The van der Waals surface area contributed by atoms with Gasteiger partial charge in [0, 0.05) is 12.2 Å². The van der Waals surface area contributed by atoms with Crippen molar-refractivity contribution in [2.75, 3.05) is 11.9 Å². The molecular formula is C25H30N6O2S. The maximum atomic E-state index is 12.5. The van der Waals surface area contributed by atoms with Gasteiger partial charge in [-0.1, -0.05) is 35.5 Å². The molecule has 0 aliphatic heterocycles. The highest BCUT2D eigenvalue weighted by molar-refractivity contribution is 8.00. The molecule has 0 saturated heterocycles. The summed E-state index contributed by atoms with van der Waals surface area (Å²) >= 11 is 1.33. The molecule has 0 aliphatic carbocycles. The maximum absolute atomic E-state index is 12.5. The molecule has 1 heterocycles. The number of benzene rings is 2. The molecule has 0 spiro atoms. The Labute approximate surface area is 204 Å². The number of aromatic nitrogens is 3. The van der Waals surface area contributed by atoms with Gasteiger partial charge in [0.15, 0.2) is 11.0 Å². The number of hydrogen-bond donors (Lipinski definition) is 2. The molecule has 0 radical (unpaired) electrons. The second-order valence-electron chi connectivity index (χ2n) is 7.51. The lowest BCUT2D eigenvalue weighted by molar-refractivity contribution is -0.120. The Hall–Kier alpha value is -3.59. The number of thioether (sulfide) groups is 1. The lowest BCUT2D eigenvalue weighted by Crippen LogP contribution is -2.27. The molecular weight excluding hydrogens is 448 g/mol. The molecule has 0 bridgehead atoms. The summed E-state index contributed by atoms with van der Waals surface area (Å²) in [5, 5.41) is 16.3. The Morgan fingerprint density at radius 2 is 1.94 bits per heavy atom. The summed E-state index contributed by atoms with van der Waals surface area (Å²) in [5.41, 5.74) is 5.66. The van der Waals surface area contributed by atoms with Gasteiger partial charge in [0.05, 0.1) is 24.6 Å². The van der Waals surface area contributed by atoms with Crippen LogP contribution >= 0.6 is 11.8 Å². The summed E-state index contributed by atoms with van der Waals surface area (Å²) < 4.78 is 7.37. The highest BCUT2D eigenvalue weighted by Crippen LogP contribution is 2.23. The van der Waals surface area contributed by atoms with Crippen molar-refractivity contribution in [1.29, 1.82) is 0 Å². The quantitative estimate of drug-likeness (QED) is 0.173. The lowest BCUT2D eigenvalue weighted by Gasteiger charge is -2.12. The molecule has 0 aliphatic rings. The minimum Gasteiger partial charge on any atom is -0.494 e. The van der Waals surface area contributed by atoms with Crippen LogP contribution in [-0.2, 0) is 17.9 Å². The average Bonchev–Trinajstić information content (AvgIpc) is 3.21. The van der Waals surface area contributed by atoms with Crippen molar-refractivity contribution < 1.29 is 9.53 Å². The summed E-state index contributed by atoms with van der Waals surface area (Å²) in [6, 6.07) is 15.6. The van der Waals surface area contributed by atoms with Crippen LogP contribution < -0.4 is 15.5 Å². The first-order chi connectivity index (χ1) is 16.5. The van der Waals surface area contributed by atoms with Gasteiger partial charge in [0.1, 0.15) is 5.75 Å². The van der Waals surface area contributed by atoms with Crippen LogP contribution in [0.25, 0.3) is 0 Å². The number of rotatable bonds is 12. The fourth-order valence-corrected chi connectivity index (χ4v) is 3.86. The molecule has 34 heavy (non-hydrogen) atoms. The van der Waals surface area contributed by atoms with Crippen molar-refractivity contribution in [2.45, 2.75) is 44.3 Å². The van der Waals surface area contributed by atoms with Crippen molar-refractivity contribution in [1.82, 2.24) is 20.2 Å². The van der Waals surface area contributed by atoms with E-state index >= 15 is 0 Å².